The summed E-state index contributed by atoms with van der Waals surface area (Å²) in [5.74, 6) is 0. The normalized spacial score (nSPS) is 19.1. The minimum Gasteiger partial charge on any atom is -0.395 e. The minimum atomic E-state index is -0.141. The molecular formula is C12H22OS. The molecule has 1 nitrogen and oxygen atoms in total. The van der Waals surface area contributed by atoms with Crippen molar-refractivity contribution in [2.24, 2.45) is 0 Å². The number of rotatable bonds is 7. The Hall–Kier alpha value is -0.210. The van der Waals surface area contributed by atoms with Crippen molar-refractivity contribution in [1.82, 2.24) is 0 Å². The van der Waals surface area contributed by atoms with Crippen LogP contribution in [0.25, 0.3) is 0 Å². The van der Waals surface area contributed by atoms with Crippen molar-refractivity contribution >= 4 is 10.9 Å². The maximum atomic E-state index is 9.29. The quantitative estimate of drug-likeness (QED) is 0.492. The van der Waals surface area contributed by atoms with Crippen LogP contribution in [0.1, 0.15) is 39.0 Å². The first-order valence-electron chi connectivity index (χ1n) is 5.61. The van der Waals surface area contributed by atoms with E-state index in [2.05, 4.69) is 29.9 Å². The van der Waals surface area contributed by atoms with Gasteiger partial charge in [0.2, 0.25) is 0 Å². The first kappa shape index (κ1) is 11.9. The molecule has 0 aliphatic carbocycles. The fraction of sp³-hybridized carbons (Fsp3) is 0.667. The lowest BCUT2D eigenvalue weighted by Gasteiger charge is -2.21. The molecule has 0 aromatic rings. The van der Waals surface area contributed by atoms with Crippen LogP contribution in [0, 0.1) is 0 Å². The number of aliphatic hydroxyl groups excluding tert-OH is 1. The molecule has 1 heterocycles. The predicted molar refractivity (Wildman–Crippen MR) is 66.9 cm³/mol. The first-order valence-corrected chi connectivity index (χ1v) is 7.16. The molecule has 82 valence electrons. The van der Waals surface area contributed by atoms with Crippen molar-refractivity contribution in [3.8, 4) is 0 Å². The standard InChI is InChI=1S/C12H22OS/c1-2-3-4-5-8-12(11-13)14-9-6-7-10-14/h6-7,9-10,12-14H,2-5,8,11H2,1H3. The minimum absolute atomic E-state index is 0.141. The van der Waals surface area contributed by atoms with Crippen molar-refractivity contribution in [3.63, 3.8) is 0 Å². The summed E-state index contributed by atoms with van der Waals surface area (Å²) in [5.41, 5.74) is 0. The first-order chi connectivity index (χ1) is 6.88. The fourth-order valence-electron chi connectivity index (χ4n) is 1.73. The van der Waals surface area contributed by atoms with Gasteiger partial charge in [0.15, 0.2) is 0 Å². The van der Waals surface area contributed by atoms with E-state index in [1.165, 1.54) is 32.1 Å². The molecule has 2 heteroatoms. The summed E-state index contributed by atoms with van der Waals surface area (Å²) < 4.78 is 0. The van der Waals surface area contributed by atoms with E-state index in [-0.39, 0.29) is 10.9 Å². The van der Waals surface area contributed by atoms with E-state index in [4.69, 9.17) is 0 Å². The highest BCUT2D eigenvalue weighted by atomic mass is 32.2. The van der Waals surface area contributed by atoms with Gasteiger partial charge in [-0.25, -0.2) is 10.9 Å². The highest BCUT2D eigenvalue weighted by Gasteiger charge is 2.13. The Morgan fingerprint density at radius 3 is 2.43 bits per heavy atom. The Kier molecular flexibility index (Phi) is 6.04. The van der Waals surface area contributed by atoms with Gasteiger partial charge in [0.25, 0.3) is 0 Å². The van der Waals surface area contributed by atoms with E-state index < -0.39 is 0 Å². The average molecular weight is 214 g/mol. The maximum Gasteiger partial charge on any atom is 0.0538 e. The van der Waals surface area contributed by atoms with Crippen LogP contribution in [0.4, 0.5) is 0 Å². The Labute approximate surface area is 90.3 Å². The Morgan fingerprint density at radius 2 is 1.86 bits per heavy atom. The van der Waals surface area contributed by atoms with Crippen LogP contribution >= 0.6 is 10.9 Å². The molecule has 0 bridgehead atoms. The second-order valence-electron chi connectivity index (χ2n) is 3.82. The van der Waals surface area contributed by atoms with E-state index in [0.29, 0.717) is 11.9 Å². The van der Waals surface area contributed by atoms with Crippen molar-refractivity contribution in [1.29, 1.82) is 0 Å². The third-order valence-electron chi connectivity index (χ3n) is 2.65. The van der Waals surface area contributed by atoms with Gasteiger partial charge in [0.1, 0.15) is 0 Å². The summed E-state index contributed by atoms with van der Waals surface area (Å²) in [6, 6.07) is 0. The summed E-state index contributed by atoms with van der Waals surface area (Å²) in [7, 11) is -0.141. The lowest BCUT2D eigenvalue weighted by molar-refractivity contribution is 0.288. The number of unbranched alkanes of at least 4 members (excludes halogenated alkanes) is 3. The number of thiol groups is 1. The summed E-state index contributed by atoms with van der Waals surface area (Å²) >= 11 is 0. The van der Waals surface area contributed by atoms with Crippen LogP contribution in [0.2, 0.25) is 0 Å². The second kappa shape index (κ2) is 7.13. The molecule has 0 saturated heterocycles. The lowest BCUT2D eigenvalue weighted by atomic mass is 10.1. The van der Waals surface area contributed by atoms with Gasteiger partial charge in [-0.15, -0.1) is 0 Å². The number of hydrogen-bond donors (Lipinski definition) is 2. The van der Waals surface area contributed by atoms with Crippen LogP contribution in [-0.4, -0.2) is 17.0 Å². The second-order valence-corrected chi connectivity index (χ2v) is 6.04. The van der Waals surface area contributed by atoms with Crippen LogP contribution in [0.5, 0.6) is 0 Å². The molecule has 1 unspecified atom stereocenters. The molecule has 1 N–H and O–H groups in total. The van der Waals surface area contributed by atoms with Crippen LogP contribution in [0.3, 0.4) is 0 Å². The monoisotopic (exact) mass is 214 g/mol. The molecule has 1 aliphatic rings. The third kappa shape index (κ3) is 3.89. The zero-order chi connectivity index (χ0) is 10.2. The van der Waals surface area contributed by atoms with Crippen molar-refractivity contribution in [2.45, 2.75) is 44.3 Å². The molecule has 0 fully saturated rings. The van der Waals surface area contributed by atoms with Gasteiger partial charge in [0, 0.05) is 5.25 Å². The molecule has 0 amide bonds. The molecule has 0 spiro atoms. The zero-order valence-corrected chi connectivity index (χ0v) is 9.92. The zero-order valence-electron chi connectivity index (χ0n) is 9.02. The molecule has 14 heavy (non-hydrogen) atoms. The highest BCUT2D eigenvalue weighted by molar-refractivity contribution is 8.22. The predicted octanol–water partition coefficient (Wildman–Crippen LogP) is 3.36. The van der Waals surface area contributed by atoms with Crippen LogP contribution < -0.4 is 0 Å². The van der Waals surface area contributed by atoms with Crippen LogP contribution in [-0.2, 0) is 0 Å². The Morgan fingerprint density at radius 1 is 1.14 bits per heavy atom. The Bertz CT molecular complexity index is 186. The van der Waals surface area contributed by atoms with Gasteiger partial charge >= 0.3 is 0 Å². The highest BCUT2D eigenvalue weighted by Crippen LogP contribution is 2.40. The SMILES string of the molecule is CCCCCCC(CO)[SH]1C=CC=C1. The fourth-order valence-corrected chi connectivity index (χ4v) is 3.58. The summed E-state index contributed by atoms with van der Waals surface area (Å²) in [4.78, 5) is 0. The largest absolute Gasteiger partial charge is 0.395 e. The van der Waals surface area contributed by atoms with Crippen LogP contribution in [0.15, 0.2) is 23.0 Å². The van der Waals surface area contributed by atoms with E-state index in [1.54, 1.807) is 0 Å². The third-order valence-corrected chi connectivity index (χ3v) is 4.95. The number of aliphatic hydroxyl groups is 1. The number of allylic oxidation sites excluding steroid dienone is 2. The van der Waals surface area contributed by atoms with Crippen molar-refractivity contribution in [2.75, 3.05) is 6.61 Å². The molecule has 1 rings (SSSR count). The van der Waals surface area contributed by atoms with Crippen molar-refractivity contribution in [3.05, 3.63) is 23.0 Å². The molecule has 1 aliphatic heterocycles. The molecule has 0 radical (unpaired) electrons. The lowest BCUT2D eigenvalue weighted by Crippen LogP contribution is -2.11. The summed E-state index contributed by atoms with van der Waals surface area (Å²) in [6.07, 6.45) is 10.6. The van der Waals surface area contributed by atoms with Gasteiger partial charge in [0.05, 0.1) is 6.61 Å². The summed E-state index contributed by atoms with van der Waals surface area (Å²) in [6.45, 7) is 2.59. The molecule has 0 saturated carbocycles. The van der Waals surface area contributed by atoms with Gasteiger partial charge in [-0.2, -0.15) is 0 Å². The topological polar surface area (TPSA) is 20.2 Å². The maximum absolute atomic E-state index is 9.29. The van der Waals surface area contributed by atoms with E-state index >= 15 is 0 Å². The van der Waals surface area contributed by atoms with Gasteiger partial charge in [-0.3, -0.25) is 0 Å². The van der Waals surface area contributed by atoms with E-state index in [0.717, 1.165) is 0 Å². The summed E-state index contributed by atoms with van der Waals surface area (Å²) in [5, 5.41) is 14.3. The van der Waals surface area contributed by atoms with Gasteiger partial charge in [-0.05, 0) is 17.2 Å². The van der Waals surface area contributed by atoms with Gasteiger partial charge in [-0.1, -0.05) is 44.8 Å². The smallest absolute Gasteiger partial charge is 0.0538 e. The average Bonchev–Trinajstić information content (AvgIpc) is 2.71. The Balaban J connectivity index is 2.18. The molecular weight excluding hydrogens is 192 g/mol. The number of hydrogen-bond acceptors (Lipinski definition) is 1. The molecule has 1 atom stereocenters. The van der Waals surface area contributed by atoms with E-state index in [1.807, 2.05) is 0 Å². The van der Waals surface area contributed by atoms with Crippen molar-refractivity contribution < 1.29 is 5.11 Å². The molecule has 0 aromatic carbocycles. The van der Waals surface area contributed by atoms with E-state index in [9.17, 15) is 5.11 Å². The molecule has 0 aromatic heterocycles. The van der Waals surface area contributed by atoms with Gasteiger partial charge < -0.3 is 5.11 Å².